The number of rotatable bonds is 5. The zero-order valence-corrected chi connectivity index (χ0v) is 12.4. The van der Waals surface area contributed by atoms with Crippen LogP contribution in [0.5, 0.6) is 0 Å². The minimum Gasteiger partial charge on any atom is -0.366 e. The fraction of sp³-hybridized carbons (Fsp3) is 0.188. The van der Waals surface area contributed by atoms with Gasteiger partial charge in [-0.3, -0.25) is 14.6 Å². The third-order valence-electron chi connectivity index (χ3n) is 3.24. The Morgan fingerprint density at radius 2 is 1.96 bits per heavy atom. The lowest BCUT2D eigenvalue weighted by Crippen LogP contribution is -2.19. The van der Waals surface area contributed by atoms with Crippen LogP contribution in [-0.2, 0) is 11.2 Å². The molecule has 0 aliphatic heterocycles. The van der Waals surface area contributed by atoms with Crippen LogP contribution in [0.15, 0.2) is 30.6 Å². The van der Waals surface area contributed by atoms with E-state index < -0.39 is 23.4 Å². The number of amides is 2. The zero-order valence-electron chi connectivity index (χ0n) is 12.4. The van der Waals surface area contributed by atoms with E-state index in [9.17, 15) is 18.4 Å². The topological polar surface area (TPSA) is 85.1 Å². The molecular weight excluding hydrogens is 304 g/mol. The average molecular weight is 319 g/mol. The van der Waals surface area contributed by atoms with Gasteiger partial charge >= 0.3 is 0 Å². The molecule has 0 radical (unpaired) electrons. The number of halogens is 2. The molecule has 120 valence electrons. The molecule has 0 bridgehead atoms. The molecule has 1 aromatic carbocycles. The lowest BCUT2D eigenvalue weighted by molar-refractivity contribution is -0.116. The van der Waals surface area contributed by atoms with Crippen molar-refractivity contribution in [3.8, 4) is 0 Å². The van der Waals surface area contributed by atoms with Crippen molar-refractivity contribution in [1.29, 1.82) is 0 Å². The summed E-state index contributed by atoms with van der Waals surface area (Å²) in [5.41, 5.74) is 6.08. The highest BCUT2D eigenvalue weighted by Crippen LogP contribution is 2.20. The highest BCUT2D eigenvalue weighted by Gasteiger charge is 2.14. The maximum absolute atomic E-state index is 13.5. The van der Waals surface area contributed by atoms with E-state index in [0.717, 1.165) is 12.3 Å². The zero-order chi connectivity index (χ0) is 17.0. The van der Waals surface area contributed by atoms with Crippen molar-refractivity contribution in [2.75, 3.05) is 5.32 Å². The number of carbonyl (C=O) groups excluding carboxylic acids is 2. The summed E-state index contributed by atoms with van der Waals surface area (Å²) in [6, 6.07) is 3.62. The van der Waals surface area contributed by atoms with Crippen molar-refractivity contribution >= 4 is 17.5 Å². The van der Waals surface area contributed by atoms with Crippen molar-refractivity contribution < 1.29 is 18.4 Å². The number of anilines is 1. The smallest absolute Gasteiger partial charge is 0.250 e. The molecule has 0 atom stereocenters. The molecule has 0 aliphatic carbocycles. The van der Waals surface area contributed by atoms with Crippen molar-refractivity contribution in [3.05, 3.63) is 58.9 Å². The molecule has 0 aliphatic rings. The summed E-state index contributed by atoms with van der Waals surface area (Å²) in [7, 11) is 0. The first-order valence-corrected chi connectivity index (χ1v) is 6.86. The fourth-order valence-electron chi connectivity index (χ4n) is 2.05. The molecule has 2 rings (SSSR count). The van der Waals surface area contributed by atoms with Gasteiger partial charge in [0.15, 0.2) is 0 Å². The third-order valence-corrected chi connectivity index (χ3v) is 3.24. The van der Waals surface area contributed by atoms with Crippen LogP contribution in [0.1, 0.15) is 27.9 Å². The van der Waals surface area contributed by atoms with Gasteiger partial charge in [-0.25, -0.2) is 8.78 Å². The lowest BCUT2D eigenvalue weighted by atomic mass is 10.1. The van der Waals surface area contributed by atoms with Gasteiger partial charge in [0, 0.05) is 12.6 Å². The van der Waals surface area contributed by atoms with E-state index in [-0.39, 0.29) is 29.7 Å². The Kier molecular flexibility index (Phi) is 5.00. The number of aromatic nitrogens is 1. The molecule has 3 N–H and O–H groups in total. The largest absolute Gasteiger partial charge is 0.366 e. The monoisotopic (exact) mass is 319 g/mol. The molecule has 23 heavy (non-hydrogen) atoms. The first-order valence-electron chi connectivity index (χ1n) is 6.86. The first kappa shape index (κ1) is 16.5. The summed E-state index contributed by atoms with van der Waals surface area (Å²) < 4.78 is 26.5. The van der Waals surface area contributed by atoms with Gasteiger partial charge in [-0.05, 0) is 42.7 Å². The molecular formula is C16H15F2N3O2. The van der Waals surface area contributed by atoms with E-state index in [1.807, 2.05) is 0 Å². The van der Waals surface area contributed by atoms with E-state index >= 15 is 0 Å². The van der Waals surface area contributed by atoms with E-state index in [1.54, 1.807) is 0 Å². The maximum Gasteiger partial charge on any atom is 0.250 e. The Morgan fingerprint density at radius 1 is 1.22 bits per heavy atom. The maximum atomic E-state index is 13.5. The molecule has 2 amide bonds. The lowest BCUT2D eigenvalue weighted by Gasteiger charge is -2.11. The van der Waals surface area contributed by atoms with Crippen molar-refractivity contribution in [2.45, 2.75) is 19.8 Å². The first-order chi connectivity index (χ1) is 10.9. The summed E-state index contributed by atoms with van der Waals surface area (Å²) in [5, 5.41) is 2.52. The second-order valence-electron chi connectivity index (χ2n) is 5.07. The van der Waals surface area contributed by atoms with Gasteiger partial charge in [-0.1, -0.05) is 0 Å². The third kappa shape index (κ3) is 4.32. The normalized spacial score (nSPS) is 10.4. The predicted molar refractivity (Wildman–Crippen MR) is 80.8 cm³/mol. The number of nitrogens with one attached hydrogen (secondary N) is 1. The molecule has 7 heteroatoms. The van der Waals surface area contributed by atoms with Crippen molar-refractivity contribution in [3.63, 3.8) is 0 Å². The van der Waals surface area contributed by atoms with Gasteiger partial charge in [0.1, 0.15) is 11.6 Å². The summed E-state index contributed by atoms with van der Waals surface area (Å²) in [6.07, 6.45) is 2.87. The van der Waals surface area contributed by atoms with E-state index in [1.165, 1.54) is 25.3 Å². The molecule has 1 heterocycles. The Labute approximate surface area is 131 Å². The van der Waals surface area contributed by atoms with Gasteiger partial charge in [0.2, 0.25) is 5.91 Å². The highest BCUT2D eigenvalue weighted by atomic mass is 19.1. The second kappa shape index (κ2) is 6.95. The molecule has 5 nitrogen and oxygen atoms in total. The summed E-state index contributed by atoms with van der Waals surface area (Å²) in [5.74, 6) is -2.30. The van der Waals surface area contributed by atoms with Crippen molar-refractivity contribution in [1.82, 2.24) is 4.98 Å². The van der Waals surface area contributed by atoms with Crippen LogP contribution in [-0.4, -0.2) is 16.8 Å². The highest BCUT2D eigenvalue weighted by molar-refractivity contribution is 6.03. The SMILES string of the molecule is Cc1cc(NC(=O)CCc2cncc(F)c2)c(C(N)=O)cc1F. The molecule has 0 saturated carbocycles. The standard InChI is InChI=1S/C16H15F2N3O2/c1-9-4-14(12(16(19)23)6-13(9)18)21-15(22)3-2-10-5-11(17)8-20-7-10/h4-8H,2-3H2,1H3,(H2,19,23)(H,21,22). The molecule has 0 saturated heterocycles. The number of primary amides is 1. The van der Waals surface area contributed by atoms with Crippen molar-refractivity contribution in [2.24, 2.45) is 5.73 Å². The Morgan fingerprint density at radius 3 is 2.61 bits per heavy atom. The minimum atomic E-state index is -0.839. The van der Waals surface area contributed by atoms with E-state index in [2.05, 4.69) is 10.3 Å². The van der Waals surface area contributed by atoms with Crippen LogP contribution in [0.4, 0.5) is 14.5 Å². The van der Waals surface area contributed by atoms with Gasteiger partial charge in [-0.15, -0.1) is 0 Å². The number of pyridine rings is 1. The van der Waals surface area contributed by atoms with Gasteiger partial charge in [0.05, 0.1) is 17.4 Å². The van der Waals surface area contributed by atoms with Gasteiger partial charge in [-0.2, -0.15) is 0 Å². The number of benzene rings is 1. The number of aryl methyl sites for hydroxylation is 2. The molecule has 2 aromatic rings. The Balaban J connectivity index is 2.08. The van der Waals surface area contributed by atoms with Crippen LogP contribution in [0.3, 0.4) is 0 Å². The number of nitrogens with two attached hydrogens (primary N) is 1. The van der Waals surface area contributed by atoms with E-state index in [4.69, 9.17) is 5.73 Å². The predicted octanol–water partition coefficient (Wildman–Crippen LogP) is 2.34. The van der Waals surface area contributed by atoms with Gasteiger partial charge < -0.3 is 11.1 Å². The number of hydrogen-bond donors (Lipinski definition) is 2. The average Bonchev–Trinajstić information content (AvgIpc) is 2.48. The number of nitrogens with zero attached hydrogens (tertiary/aromatic N) is 1. The summed E-state index contributed by atoms with van der Waals surface area (Å²) in [4.78, 5) is 27.0. The van der Waals surface area contributed by atoms with Crippen LogP contribution < -0.4 is 11.1 Å². The van der Waals surface area contributed by atoms with Crippen LogP contribution in [0.25, 0.3) is 0 Å². The second-order valence-corrected chi connectivity index (χ2v) is 5.07. The number of carbonyl (C=O) groups is 2. The van der Waals surface area contributed by atoms with Crippen LogP contribution >= 0.6 is 0 Å². The quantitative estimate of drug-likeness (QED) is 0.887. The Hall–Kier alpha value is -2.83. The van der Waals surface area contributed by atoms with Gasteiger partial charge in [0.25, 0.3) is 5.91 Å². The summed E-state index contributed by atoms with van der Waals surface area (Å²) >= 11 is 0. The molecule has 0 fully saturated rings. The Bertz CT molecular complexity index is 763. The van der Waals surface area contributed by atoms with E-state index in [0.29, 0.717) is 5.56 Å². The van der Waals surface area contributed by atoms with Crippen LogP contribution in [0.2, 0.25) is 0 Å². The van der Waals surface area contributed by atoms with Crippen LogP contribution in [0, 0.1) is 18.6 Å². The number of hydrogen-bond acceptors (Lipinski definition) is 3. The molecule has 1 aromatic heterocycles. The minimum absolute atomic E-state index is 0.0553. The fourth-order valence-corrected chi connectivity index (χ4v) is 2.05. The molecule has 0 spiro atoms. The summed E-state index contributed by atoms with van der Waals surface area (Å²) in [6.45, 7) is 1.51. The molecule has 0 unspecified atom stereocenters.